The van der Waals surface area contributed by atoms with Crippen LogP contribution in [0.1, 0.15) is 59.8 Å². The van der Waals surface area contributed by atoms with Crippen molar-refractivity contribution >= 4 is 34.7 Å². The van der Waals surface area contributed by atoms with Gasteiger partial charge in [-0.25, -0.2) is 23.4 Å². The Balaban J connectivity index is 0.000000250. The average molecular weight is 639 g/mol. The van der Waals surface area contributed by atoms with Crippen LogP contribution >= 0.6 is 0 Å². The van der Waals surface area contributed by atoms with Crippen LogP contribution in [0.3, 0.4) is 0 Å². The van der Waals surface area contributed by atoms with Gasteiger partial charge in [0.05, 0.1) is 42.5 Å². The third kappa shape index (κ3) is 7.65. The number of nitrogen functional groups attached to an aromatic ring is 4. The van der Waals surface area contributed by atoms with Gasteiger partial charge in [-0.15, -0.1) is 0 Å². The number of aliphatic hydroxyl groups is 2. The lowest BCUT2D eigenvalue weighted by atomic mass is 9.93. The number of esters is 2. The van der Waals surface area contributed by atoms with E-state index in [2.05, 4.69) is 19.4 Å². The number of benzene rings is 2. The first-order valence-corrected chi connectivity index (χ1v) is 13.6. The van der Waals surface area contributed by atoms with Crippen LogP contribution in [0.4, 0.5) is 31.5 Å². The van der Waals surface area contributed by atoms with E-state index in [0.29, 0.717) is 22.4 Å². The lowest BCUT2D eigenvalue weighted by Gasteiger charge is -2.22. The monoisotopic (exact) mass is 638 g/mol. The molecule has 0 bridgehead atoms. The van der Waals surface area contributed by atoms with Crippen LogP contribution < -0.4 is 22.9 Å². The second-order valence-electron chi connectivity index (χ2n) is 11.3. The Morgan fingerprint density at radius 1 is 0.674 bits per heavy atom. The number of methoxy groups -OCH3 is 2. The molecule has 0 spiro atoms. The number of carbonyl (C=O) groups excluding carboxylic acids is 2. The summed E-state index contributed by atoms with van der Waals surface area (Å²) in [5.41, 5.74) is 23.1. The summed E-state index contributed by atoms with van der Waals surface area (Å²) in [6.07, 6.45) is 2.70. The Morgan fingerprint density at radius 3 is 1.65 bits per heavy atom. The SMILES string of the molecule is CC(C)(O)c1cc(F)c(-c2cnc(C(C)(C)O)c(N)c2)cc1N.COC(=O)c1cc(F)c(-c2cnc(C(=O)OC)c(N)c2)cc1N. The molecule has 0 radical (unpaired) electrons. The van der Waals surface area contributed by atoms with Crippen molar-refractivity contribution in [1.29, 1.82) is 0 Å². The Bertz CT molecular complexity index is 1800. The van der Waals surface area contributed by atoms with Gasteiger partial charge in [0.2, 0.25) is 0 Å². The molecule has 0 aliphatic rings. The number of pyridine rings is 2. The number of aromatic nitrogens is 2. The number of hydrogen-bond acceptors (Lipinski definition) is 12. The first kappa shape index (κ1) is 35.1. The van der Waals surface area contributed by atoms with Gasteiger partial charge in [-0.3, -0.25) is 4.98 Å². The smallest absolute Gasteiger partial charge is 0.358 e. The second-order valence-corrected chi connectivity index (χ2v) is 11.3. The molecule has 0 unspecified atom stereocenters. The van der Waals surface area contributed by atoms with Gasteiger partial charge in [0.1, 0.15) is 17.2 Å². The molecule has 12 nitrogen and oxygen atoms in total. The number of nitrogens with two attached hydrogens (primary N) is 4. The van der Waals surface area contributed by atoms with E-state index in [0.717, 1.165) is 6.07 Å². The van der Waals surface area contributed by atoms with Gasteiger partial charge in [-0.2, -0.15) is 0 Å². The highest BCUT2D eigenvalue weighted by atomic mass is 19.1. The van der Waals surface area contributed by atoms with E-state index in [9.17, 15) is 28.6 Å². The summed E-state index contributed by atoms with van der Waals surface area (Å²) in [7, 11) is 2.37. The Morgan fingerprint density at radius 2 is 1.17 bits per heavy atom. The summed E-state index contributed by atoms with van der Waals surface area (Å²) >= 11 is 0. The molecule has 0 atom stereocenters. The van der Waals surface area contributed by atoms with E-state index in [4.69, 9.17) is 22.9 Å². The lowest BCUT2D eigenvalue weighted by Crippen LogP contribution is -2.20. The van der Waals surface area contributed by atoms with Crippen LogP contribution in [0.2, 0.25) is 0 Å². The quantitative estimate of drug-likeness (QED) is 0.130. The van der Waals surface area contributed by atoms with E-state index in [-0.39, 0.29) is 45.1 Å². The summed E-state index contributed by atoms with van der Waals surface area (Å²) in [6, 6.07) is 7.82. The Kier molecular flexibility index (Phi) is 10.2. The van der Waals surface area contributed by atoms with Crippen molar-refractivity contribution in [3.05, 3.63) is 82.9 Å². The fraction of sp³-hybridized carbons (Fsp3) is 0.250. The highest BCUT2D eigenvalue weighted by molar-refractivity contribution is 5.97. The predicted octanol–water partition coefficient (Wildman–Crippen LogP) is 4.13. The van der Waals surface area contributed by atoms with Crippen molar-refractivity contribution in [2.75, 3.05) is 37.2 Å². The minimum absolute atomic E-state index is 0.0318. The van der Waals surface area contributed by atoms with E-state index in [1.165, 1.54) is 64.7 Å². The standard InChI is InChI=1S/C17H22FN3O2.C15H14FN3O4/c1-16(2,22)11-7-12(18)10(6-13(11)19)9-5-14(20)15(21-8-9)17(3,4)23;1-22-14(20)9-4-10(16)8(5-11(9)17)7-3-12(18)13(19-6-7)15(21)23-2/h5-8,22-23H,19-20H2,1-4H3;3-6H,17-18H2,1-2H3. The third-order valence-corrected chi connectivity index (χ3v) is 6.76. The van der Waals surface area contributed by atoms with Gasteiger partial charge < -0.3 is 42.6 Å². The second kappa shape index (κ2) is 13.3. The first-order valence-electron chi connectivity index (χ1n) is 13.6. The summed E-state index contributed by atoms with van der Waals surface area (Å²) in [6.45, 7) is 6.22. The molecule has 2 heterocycles. The van der Waals surface area contributed by atoms with Crippen molar-refractivity contribution < 1.29 is 38.1 Å². The maximum absolute atomic E-state index is 14.4. The van der Waals surface area contributed by atoms with Gasteiger partial charge in [-0.1, -0.05) is 0 Å². The maximum Gasteiger partial charge on any atom is 0.358 e. The van der Waals surface area contributed by atoms with Crippen LogP contribution in [-0.4, -0.2) is 46.3 Å². The topological polar surface area (TPSA) is 223 Å². The molecule has 0 aliphatic heterocycles. The highest BCUT2D eigenvalue weighted by Gasteiger charge is 2.24. The highest BCUT2D eigenvalue weighted by Crippen LogP contribution is 2.35. The molecular formula is C32H36F2N6O6. The fourth-order valence-electron chi connectivity index (χ4n) is 4.48. The molecular weight excluding hydrogens is 602 g/mol. The molecule has 244 valence electrons. The number of anilines is 4. The van der Waals surface area contributed by atoms with Gasteiger partial charge in [-0.05, 0) is 64.1 Å². The molecule has 10 N–H and O–H groups in total. The van der Waals surface area contributed by atoms with Crippen LogP contribution in [0.5, 0.6) is 0 Å². The molecule has 2 aromatic carbocycles. The third-order valence-electron chi connectivity index (χ3n) is 6.76. The van der Waals surface area contributed by atoms with Gasteiger partial charge in [0.15, 0.2) is 5.69 Å². The summed E-state index contributed by atoms with van der Waals surface area (Å²) in [4.78, 5) is 30.9. The van der Waals surface area contributed by atoms with Crippen LogP contribution in [0.15, 0.2) is 48.8 Å². The minimum Gasteiger partial charge on any atom is -0.465 e. The number of carbonyl (C=O) groups is 2. The normalized spacial score (nSPS) is 11.3. The molecule has 0 saturated heterocycles. The number of ether oxygens (including phenoxy) is 2. The van der Waals surface area contributed by atoms with Crippen molar-refractivity contribution in [3.63, 3.8) is 0 Å². The van der Waals surface area contributed by atoms with Gasteiger partial charge >= 0.3 is 11.9 Å². The zero-order valence-corrected chi connectivity index (χ0v) is 26.1. The largest absolute Gasteiger partial charge is 0.465 e. The van der Waals surface area contributed by atoms with Gasteiger partial charge in [0.25, 0.3) is 0 Å². The molecule has 0 fully saturated rings. The van der Waals surface area contributed by atoms with E-state index < -0.39 is 34.8 Å². The Labute approximate surface area is 264 Å². The van der Waals surface area contributed by atoms with Crippen molar-refractivity contribution in [2.24, 2.45) is 0 Å². The number of rotatable bonds is 6. The van der Waals surface area contributed by atoms with E-state index in [1.807, 2.05) is 0 Å². The molecule has 0 aliphatic carbocycles. The van der Waals surface area contributed by atoms with Crippen molar-refractivity contribution in [2.45, 2.75) is 38.9 Å². The minimum atomic E-state index is -1.24. The molecule has 0 amide bonds. The molecule has 0 saturated carbocycles. The zero-order chi connectivity index (χ0) is 34.7. The predicted molar refractivity (Wildman–Crippen MR) is 170 cm³/mol. The number of halogens is 2. The lowest BCUT2D eigenvalue weighted by molar-refractivity contribution is 0.0589. The summed E-state index contributed by atoms with van der Waals surface area (Å²) in [5.74, 6) is -2.68. The molecule has 2 aromatic heterocycles. The van der Waals surface area contributed by atoms with Crippen molar-refractivity contribution in [3.8, 4) is 22.3 Å². The molecule has 46 heavy (non-hydrogen) atoms. The summed E-state index contributed by atoms with van der Waals surface area (Å²) < 4.78 is 37.7. The van der Waals surface area contributed by atoms with Crippen LogP contribution in [0, 0.1) is 11.6 Å². The maximum atomic E-state index is 14.4. The zero-order valence-electron chi connectivity index (χ0n) is 26.1. The first-order chi connectivity index (χ1) is 21.3. The number of hydrogen-bond donors (Lipinski definition) is 6. The van der Waals surface area contributed by atoms with Gasteiger partial charge in [0, 0.05) is 51.6 Å². The van der Waals surface area contributed by atoms with Crippen LogP contribution in [0.25, 0.3) is 22.3 Å². The molecule has 4 aromatic rings. The van der Waals surface area contributed by atoms with E-state index >= 15 is 0 Å². The Hall–Kier alpha value is -5.34. The summed E-state index contributed by atoms with van der Waals surface area (Å²) in [5, 5.41) is 20.0. The molecule has 14 heteroatoms. The van der Waals surface area contributed by atoms with E-state index in [1.54, 1.807) is 19.9 Å². The molecule has 4 rings (SSSR count). The average Bonchev–Trinajstić information content (AvgIpc) is 2.97. The fourth-order valence-corrected chi connectivity index (χ4v) is 4.48. The van der Waals surface area contributed by atoms with Crippen molar-refractivity contribution in [1.82, 2.24) is 9.97 Å². The number of nitrogens with zero attached hydrogens (tertiary/aromatic N) is 2. The van der Waals surface area contributed by atoms with Crippen LogP contribution in [-0.2, 0) is 20.7 Å².